The average molecular weight is 452 g/mol. The van der Waals surface area contributed by atoms with Crippen molar-refractivity contribution in [2.24, 2.45) is 0 Å². The standard InChI is InChI=1S/C25H23ClFN3S/c1-2-29-16-19(21-10-6-7-11-24(21)29)17-30(15-18-8-4-3-5-9-18)25(31)28-20-12-13-23(27)22(26)14-20/h3-14,16H,2,15,17H2,1H3,(H,28,31). The molecular weight excluding hydrogens is 429 g/mol. The van der Waals surface area contributed by atoms with Crippen LogP contribution in [0, 0.1) is 5.82 Å². The topological polar surface area (TPSA) is 20.2 Å². The lowest BCUT2D eigenvalue weighted by Crippen LogP contribution is -2.33. The van der Waals surface area contributed by atoms with E-state index in [1.165, 1.54) is 22.5 Å². The van der Waals surface area contributed by atoms with Gasteiger partial charge < -0.3 is 14.8 Å². The number of nitrogens with one attached hydrogen (secondary N) is 1. The zero-order chi connectivity index (χ0) is 21.8. The number of halogens is 2. The number of aryl methyl sites for hydroxylation is 1. The van der Waals surface area contributed by atoms with Gasteiger partial charge in [-0.1, -0.05) is 60.1 Å². The molecule has 0 spiro atoms. The number of hydrogen-bond acceptors (Lipinski definition) is 1. The first-order chi connectivity index (χ1) is 15.0. The van der Waals surface area contributed by atoms with E-state index in [2.05, 4.69) is 64.3 Å². The van der Waals surface area contributed by atoms with Crippen LogP contribution >= 0.6 is 23.8 Å². The highest BCUT2D eigenvalue weighted by Gasteiger charge is 2.16. The fourth-order valence-corrected chi connectivity index (χ4v) is 4.12. The van der Waals surface area contributed by atoms with Gasteiger partial charge in [-0.05, 0) is 54.5 Å². The summed E-state index contributed by atoms with van der Waals surface area (Å²) in [6.45, 7) is 4.33. The molecule has 0 aliphatic carbocycles. The molecule has 0 atom stereocenters. The van der Waals surface area contributed by atoms with Crippen molar-refractivity contribution in [1.29, 1.82) is 0 Å². The molecule has 0 bridgehead atoms. The van der Waals surface area contributed by atoms with Crippen molar-refractivity contribution in [1.82, 2.24) is 9.47 Å². The van der Waals surface area contributed by atoms with Crippen LogP contribution in [0.15, 0.2) is 79.0 Å². The summed E-state index contributed by atoms with van der Waals surface area (Å²) >= 11 is 11.7. The van der Waals surface area contributed by atoms with E-state index in [1.807, 2.05) is 18.2 Å². The van der Waals surface area contributed by atoms with E-state index >= 15 is 0 Å². The van der Waals surface area contributed by atoms with Crippen LogP contribution in [-0.2, 0) is 19.6 Å². The maximum Gasteiger partial charge on any atom is 0.174 e. The number of para-hydroxylation sites is 1. The van der Waals surface area contributed by atoms with E-state index in [9.17, 15) is 4.39 Å². The lowest BCUT2D eigenvalue weighted by molar-refractivity contribution is 0.414. The number of anilines is 1. The fourth-order valence-electron chi connectivity index (χ4n) is 3.70. The Bertz CT molecular complexity index is 1210. The number of hydrogen-bond donors (Lipinski definition) is 1. The second kappa shape index (κ2) is 9.50. The summed E-state index contributed by atoms with van der Waals surface area (Å²) in [5, 5.41) is 5.06. The van der Waals surface area contributed by atoms with E-state index in [0.717, 1.165) is 12.1 Å². The smallest absolute Gasteiger partial charge is 0.174 e. The Balaban J connectivity index is 1.64. The minimum atomic E-state index is -0.452. The minimum absolute atomic E-state index is 0.0634. The van der Waals surface area contributed by atoms with Gasteiger partial charge in [0.1, 0.15) is 5.82 Å². The van der Waals surface area contributed by atoms with Gasteiger partial charge in [0, 0.05) is 42.4 Å². The molecule has 4 rings (SSSR count). The van der Waals surface area contributed by atoms with E-state index in [1.54, 1.807) is 12.1 Å². The molecule has 0 aliphatic rings. The largest absolute Gasteiger partial charge is 0.347 e. The summed E-state index contributed by atoms with van der Waals surface area (Å²) in [4.78, 5) is 2.11. The van der Waals surface area contributed by atoms with Crippen LogP contribution in [0.4, 0.5) is 10.1 Å². The predicted octanol–water partition coefficient (Wildman–Crippen LogP) is 6.85. The van der Waals surface area contributed by atoms with Gasteiger partial charge >= 0.3 is 0 Å². The zero-order valence-corrected chi connectivity index (χ0v) is 18.8. The van der Waals surface area contributed by atoms with E-state index in [0.29, 0.717) is 23.9 Å². The van der Waals surface area contributed by atoms with Crippen molar-refractivity contribution < 1.29 is 4.39 Å². The Hall–Kier alpha value is -2.89. The van der Waals surface area contributed by atoms with Crippen molar-refractivity contribution >= 4 is 45.5 Å². The van der Waals surface area contributed by atoms with Crippen LogP contribution in [0.3, 0.4) is 0 Å². The first kappa shape index (κ1) is 21.3. The molecule has 0 saturated carbocycles. The highest BCUT2D eigenvalue weighted by Crippen LogP contribution is 2.25. The molecule has 158 valence electrons. The van der Waals surface area contributed by atoms with Gasteiger partial charge in [0.05, 0.1) is 5.02 Å². The van der Waals surface area contributed by atoms with Crippen molar-refractivity contribution in [2.45, 2.75) is 26.6 Å². The monoisotopic (exact) mass is 451 g/mol. The first-order valence-corrected chi connectivity index (χ1v) is 11.0. The molecule has 0 amide bonds. The molecule has 0 saturated heterocycles. The van der Waals surface area contributed by atoms with Gasteiger partial charge in [-0.15, -0.1) is 0 Å². The van der Waals surface area contributed by atoms with Crippen LogP contribution < -0.4 is 5.32 Å². The van der Waals surface area contributed by atoms with E-state index in [-0.39, 0.29) is 5.02 Å². The summed E-state index contributed by atoms with van der Waals surface area (Å²) in [5.41, 5.74) is 4.23. The van der Waals surface area contributed by atoms with Gasteiger partial charge in [0.25, 0.3) is 0 Å². The lowest BCUT2D eigenvalue weighted by Gasteiger charge is -2.26. The maximum absolute atomic E-state index is 13.5. The zero-order valence-electron chi connectivity index (χ0n) is 17.2. The van der Waals surface area contributed by atoms with Gasteiger partial charge in [-0.3, -0.25) is 0 Å². The number of nitrogens with zero attached hydrogens (tertiary/aromatic N) is 2. The van der Waals surface area contributed by atoms with Gasteiger partial charge in [0.2, 0.25) is 0 Å². The van der Waals surface area contributed by atoms with Gasteiger partial charge in [-0.25, -0.2) is 4.39 Å². The summed E-state index contributed by atoms with van der Waals surface area (Å²) in [6.07, 6.45) is 2.19. The SMILES string of the molecule is CCn1cc(CN(Cc2ccccc2)C(=S)Nc2ccc(F)c(Cl)c2)c2ccccc21. The maximum atomic E-state index is 13.5. The highest BCUT2D eigenvalue weighted by atomic mass is 35.5. The molecule has 0 unspecified atom stereocenters. The summed E-state index contributed by atoms with van der Waals surface area (Å²) < 4.78 is 15.8. The van der Waals surface area contributed by atoms with Crippen LogP contribution in [0.5, 0.6) is 0 Å². The third kappa shape index (κ3) is 4.89. The highest BCUT2D eigenvalue weighted by molar-refractivity contribution is 7.80. The quantitative estimate of drug-likeness (QED) is 0.323. The van der Waals surface area contributed by atoms with Crippen molar-refractivity contribution in [2.75, 3.05) is 5.32 Å². The first-order valence-electron chi connectivity index (χ1n) is 10.2. The second-order valence-corrected chi connectivity index (χ2v) is 8.15. The molecule has 0 radical (unpaired) electrons. The predicted molar refractivity (Wildman–Crippen MR) is 131 cm³/mol. The third-order valence-corrected chi connectivity index (χ3v) is 5.90. The second-order valence-electron chi connectivity index (χ2n) is 7.36. The van der Waals surface area contributed by atoms with Crippen LogP contribution in [0.1, 0.15) is 18.1 Å². The molecule has 1 N–H and O–H groups in total. The molecule has 3 aromatic carbocycles. The molecule has 3 nitrogen and oxygen atoms in total. The molecule has 0 aliphatic heterocycles. The number of benzene rings is 3. The molecule has 4 aromatic rings. The molecule has 1 heterocycles. The molecular formula is C25H23ClFN3S. The van der Waals surface area contributed by atoms with Crippen LogP contribution in [0.25, 0.3) is 10.9 Å². The summed E-state index contributed by atoms with van der Waals surface area (Å²) in [6, 6.07) is 23.1. The number of fused-ring (bicyclic) bond motifs is 1. The molecule has 0 fully saturated rings. The Kier molecular flexibility index (Phi) is 6.54. The lowest BCUT2D eigenvalue weighted by atomic mass is 10.1. The Morgan fingerprint density at radius 1 is 1.03 bits per heavy atom. The van der Waals surface area contributed by atoms with Crippen LogP contribution in [-0.4, -0.2) is 14.6 Å². The summed E-state index contributed by atoms with van der Waals surface area (Å²) in [7, 11) is 0. The average Bonchev–Trinajstić information content (AvgIpc) is 3.14. The molecule has 1 aromatic heterocycles. The third-order valence-electron chi connectivity index (χ3n) is 5.25. The molecule has 31 heavy (non-hydrogen) atoms. The van der Waals surface area contributed by atoms with Gasteiger partial charge in [0.15, 0.2) is 5.11 Å². The number of aromatic nitrogens is 1. The minimum Gasteiger partial charge on any atom is -0.347 e. The van der Waals surface area contributed by atoms with Crippen molar-refractivity contribution in [3.63, 3.8) is 0 Å². The van der Waals surface area contributed by atoms with Crippen molar-refractivity contribution in [3.8, 4) is 0 Å². The normalized spacial score (nSPS) is 10.9. The number of thiocarbonyl (C=S) groups is 1. The van der Waals surface area contributed by atoms with Crippen LogP contribution in [0.2, 0.25) is 5.02 Å². The summed E-state index contributed by atoms with van der Waals surface area (Å²) in [5.74, 6) is -0.452. The Labute approximate surface area is 192 Å². The van der Waals surface area contributed by atoms with Gasteiger partial charge in [-0.2, -0.15) is 0 Å². The fraction of sp³-hybridized carbons (Fsp3) is 0.160. The number of rotatable bonds is 6. The van der Waals surface area contributed by atoms with E-state index in [4.69, 9.17) is 23.8 Å². The van der Waals surface area contributed by atoms with Crippen molar-refractivity contribution in [3.05, 3.63) is 101 Å². The Morgan fingerprint density at radius 3 is 2.52 bits per heavy atom. The van der Waals surface area contributed by atoms with E-state index < -0.39 is 5.82 Å². The molecule has 6 heteroatoms. The Morgan fingerprint density at radius 2 is 1.77 bits per heavy atom.